The predicted octanol–water partition coefficient (Wildman–Crippen LogP) is 7.88. The lowest BCUT2D eigenvalue weighted by atomic mass is 9.44. The van der Waals surface area contributed by atoms with Crippen molar-refractivity contribution in [2.24, 2.45) is 28.6 Å². The Hall–Kier alpha value is -1.56. The Morgan fingerprint density at radius 1 is 0.965 bits per heavy atom. The Morgan fingerprint density at radius 3 is 2.04 bits per heavy atom. The maximum Gasteiger partial charge on any atom is 0.362 e. The number of hydrogen-bond donors (Lipinski definition) is 6. The molecule has 9 atom stereocenters. The van der Waals surface area contributed by atoms with Crippen LogP contribution < -0.4 is 0 Å². The van der Waals surface area contributed by atoms with Crippen molar-refractivity contribution in [1.29, 1.82) is 0 Å². The molecule has 0 bridgehead atoms. The van der Waals surface area contributed by atoms with Gasteiger partial charge in [0.15, 0.2) is 17.2 Å². The summed E-state index contributed by atoms with van der Waals surface area (Å²) < 4.78 is 28.9. The Kier molecular flexibility index (Phi) is 17.8. The highest BCUT2D eigenvalue weighted by atomic mass is 31.2. The van der Waals surface area contributed by atoms with Crippen LogP contribution in [0.2, 0.25) is 0 Å². The largest absolute Gasteiger partial charge is 0.390 e. The number of likely N-dealkylation sites (N-methyl/N-ethyl adjacent to an activating group) is 1. The highest BCUT2D eigenvalue weighted by Crippen LogP contribution is 2.70. The predicted molar refractivity (Wildman–Crippen MR) is 224 cm³/mol. The summed E-state index contributed by atoms with van der Waals surface area (Å²) in [5, 5.41) is 40.6. The fourth-order valence-corrected chi connectivity index (χ4v) is 12.1. The number of quaternary nitrogens is 1. The van der Waals surface area contributed by atoms with Crippen LogP contribution in [-0.4, -0.2) is 103 Å². The van der Waals surface area contributed by atoms with Gasteiger partial charge in [-0.05, 0) is 95.1 Å². The zero-order valence-electron chi connectivity index (χ0n) is 36.2. The molecule has 6 N–H and O–H groups in total. The number of allylic oxidation sites excluding steroid dienone is 6. The summed E-state index contributed by atoms with van der Waals surface area (Å²) >= 11 is 0. The molecule has 0 aromatic heterocycles. The first kappa shape index (κ1) is 49.8. The lowest BCUT2D eigenvalue weighted by Crippen LogP contribution is -2.69. The van der Waals surface area contributed by atoms with E-state index in [1.807, 2.05) is 21.1 Å². The molecule has 0 heterocycles. The smallest absolute Gasteiger partial charge is 0.362 e. The van der Waals surface area contributed by atoms with E-state index in [-0.39, 0.29) is 31.1 Å². The lowest BCUT2D eigenvalue weighted by Gasteiger charge is -2.62. The van der Waals surface area contributed by atoms with Crippen LogP contribution >= 0.6 is 7.60 Å². The van der Waals surface area contributed by atoms with Crippen molar-refractivity contribution < 1.29 is 53.2 Å². The fraction of sp³-hybridized carbons (Fsp3) is 0.822. The summed E-state index contributed by atoms with van der Waals surface area (Å²) in [6.45, 7) is 6.79. The number of Topliss-reactive ketones (excluding diaryl/α,β-unsaturated/α-hetero) is 1. The number of halogens is 1. The summed E-state index contributed by atoms with van der Waals surface area (Å²) in [6, 6.07) is 0. The fourth-order valence-electron chi connectivity index (χ4n) is 11.0. The van der Waals surface area contributed by atoms with Gasteiger partial charge in [-0.3, -0.25) is 14.2 Å². The van der Waals surface area contributed by atoms with Gasteiger partial charge in [0.25, 0.3) is 0 Å². The number of carbonyl (C=O) groups excluding carboxylic acids is 2. The monoisotopic (exact) mass is 827 g/mol. The van der Waals surface area contributed by atoms with E-state index in [0.29, 0.717) is 35.7 Å². The van der Waals surface area contributed by atoms with Gasteiger partial charge in [-0.15, -0.1) is 0 Å². The standard InChI is InChI=1S/C23H48NO4P.C22H29FO5/c1-5-6-7-8-9-10-11-12-13-14-15-16-17-18-19-20-21-23(25,29(26,27)28)22-24(2,3)4;1-12-8-16-15-5-4-13-9-14(25)6-7-19(13,2)21(15,23)17(26)10-20(16,3)22(12,28)18(27)11-24/h12-13,25H,5-11,14-22H2,1-4H3,(H-,26,27,28);6-7,9,12,15-17,24,26,28H,4-5,8,10-11H2,1-3H3/p+1/b13-12+;/t;12-,15-,16-,17-,19-,20-,21-,22-/m.0/s1. The Morgan fingerprint density at radius 2 is 1.51 bits per heavy atom. The molecule has 1 unspecified atom stereocenters. The molecule has 328 valence electrons. The number of aliphatic hydroxyl groups excluding tert-OH is 2. The van der Waals surface area contributed by atoms with Gasteiger partial charge in [-0.2, -0.15) is 0 Å². The molecule has 10 nitrogen and oxygen atoms in total. The quantitative estimate of drug-likeness (QED) is 0.0291. The van der Waals surface area contributed by atoms with Crippen molar-refractivity contribution in [3.63, 3.8) is 0 Å². The number of nitrogens with zero attached hydrogens (tertiary/aromatic N) is 1. The SMILES string of the molecule is CCCCCCCC/C=C/CCCCCCCCC(O)(C[N+](C)(C)C)P(=O)(O)O.C[C@H]1C[C@H]2[C@@H]3CCC4=CC(=O)C=C[C@]4(C)[C@@]3(F)[C@@H](O)C[C@]2(C)[C@@]1(O)C(=O)CO. The van der Waals surface area contributed by atoms with E-state index in [1.165, 1.54) is 69.9 Å². The molecule has 0 aliphatic heterocycles. The number of alkyl halides is 1. The molecule has 4 rings (SSSR count). The van der Waals surface area contributed by atoms with Crippen LogP contribution in [0.3, 0.4) is 0 Å². The van der Waals surface area contributed by atoms with E-state index >= 15 is 4.39 Å². The van der Waals surface area contributed by atoms with E-state index in [4.69, 9.17) is 0 Å². The molecule has 12 heteroatoms. The van der Waals surface area contributed by atoms with Crippen molar-refractivity contribution in [3.8, 4) is 0 Å². The Labute approximate surface area is 342 Å². The molecule has 3 saturated carbocycles. The van der Waals surface area contributed by atoms with E-state index < -0.39 is 65.4 Å². The van der Waals surface area contributed by atoms with E-state index in [1.54, 1.807) is 26.8 Å². The molecule has 57 heavy (non-hydrogen) atoms. The molecule has 4 aliphatic carbocycles. The zero-order valence-corrected chi connectivity index (χ0v) is 37.1. The van der Waals surface area contributed by atoms with Crippen molar-refractivity contribution >= 4 is 19.2 Å². The molecule has 4 aliphatic rings. The van der Waals surface area contributed by atoms with Crippen molar-refractivity contribution in [2.75, 3.05) is 34.3 Å². The second-order valence-corrected chi connectivity index (χ2v) is 21.3. The number of ketones is 2. The Balaban J connectivity index is 0.000000305. The van der Waals surface area contributed by atoms with Gasteiger partial charge < -0.3 is 34.7 Å². The molecule has 0 radical (unpaired) electrons. The number of fused-ring (bicyclic) bond motifs is 5. The van der Waals surface area contributed by atoms with Crippen molar-refractivity contribution in [1.82, 2.24) is 0 Å². The van der Waals surface area contributed by atoms with Gasteiger partial charge in [0.2, 0.25) is 5.34 Å². The normalized spacial score (nSPS) is 33.5. The molecule has 0 saturated heterocycles. The first-order valence-corrected chi connectivity index (χ1v) is 23.5. The van der Waals surface area contributed by atoms with E-state index in [9.17, 15) is 44.4 Å². The topological polar surface area (TPSA) is 173 Å². The van der Waals surface area contributed by atoms with Crippen LogP contribution in [0.5, 0.6) is 0 Å². The van der Waals surface area contributed by atoms with Gasteiger partial charge in [-0.25, -0.2) is 4.39 Å². The minimum Gasteiger partial charge on any atom is -0.390 e. The van der Waals surface area contributed by atoms with Gasteiger partial charge in [-0.1, -0.05) is 102 Å². The van der Waals surface area contributed by atoms with Crippen molar-refractivity contribution in [2.45, 2.75) is 172 Å². The van der Waals surface area contributed by atoms with Crippen LogP contribution in [0, 0.1) is 28.6 Å². The van der Waals surface area contributed by atoms with E-state index in [2.05, 4.69) is 19.1 Å². The van der Waals surface area contributed by atoms with Gasteiger partial charge in [0, 0.05) is 16.7 Å². The van der Waals surface area contributed by atoms with Crippen LogP contribution in [0.15, 0.2) is 36.0 Å². The summed E-state index contributed by atoms with van der Waals surface area (Å²) in [5.74, 6) is -2.12. The molecule has 0 aromatic carbocycles. The summed E-state index contributed by atoms with van der Waals surface area (Å²) in [7, 11) is 0.966. The van der Waals surface area contributed by atoms with E-state index in [0.717, 1.165) is 25.7 Å². The first-order chi connectivity index (χ1) is 26.5. The first-order valence-electron chi connectivity index (χ1n) is 21.9. The second-order valence-electron chi connectivity index (χ2n) is 19.4. The summed E-state index contributed by atoms with van der Waals surface area (Å²) in [6.07, 6.45) is 25.9. The van der Waals surface area contributed by atoms with Crippen LogP contribution in [0.1, 0.15) is 150 Å². The molecular formula is C45H78FNO9P+. The molecule has 3 fully saturated rings. The third-order valence-corrected chi connectivity index (χ3v) is 15.6. The second kappa shape index (κ2) is 20.3. The summed E-state index contributed by atoms with van der Waals surface area (Å²) in [4.78, 5) is 43.5. The highest BCUT2D eigenvalue weighted by Gasteiger charge is 2.75. The average molecular weight is 827 g/mol. The van der Waals surface area contributed by atoms with Gasteiger partial charge >= 0.3 is 7.60 Å². The van der Waals surface area contributed by atoms with Crippen LogP contribution in [0.25, 0.3) is 0 Å². The number of carbonyl (C=O) groups is 2. The maximum absolute atomic E-state index is 16.9. The average Bonchev–Trinajstić information content (AvgIpc) is 3.32. The number of unbranched alkanes of at least 4 members (excludes halogenated alkanes) is 12. The number of hydrogen-bond acceptors (Lipinski definition) is 7. The number of aliphatic hydroxyl groups is 4. The number of rotatable bonds is 21. The maximum atomic E-state index is 16.9. The van der Waals surface area contributed by atoms with Crippen molar-refractivity contribution in [3.05, 3.63) is 36.0 Å². The van der Waals surface area contributed by atoms with Gasteiger partial charge in [0.05, 0.1) is 27.2 Å². The summed E-state index contributed by atoms with van der Waals surface area (Å²) in [5.41, 5.74) is -5.17. The Bertz CT molecular complexity index is 1490. The zero-order chi connectivity index (χ0) is 42.9. The minimum atomic E-state index is -4.54. The highest BCUT2D eigenvalue weighted by molar-refractivity contribution is 7.53. The molecule has 0 amide bonds. The molecular weight excluding hydrogens is 748 g/mol. The molecule has 0 spiro atoms. The third-order valence-electron chi connectivity index (χ3n) is 14.1. The molecule has 0 aromatic rings. The minimum absolute atomic E-state index is 0.0579. The van der Waals surface area contributed by atoms with Crippen LogP contribution in [0.4, 0.5) is 4.39 Å². The third kappa shape index (κ3) is 11.0. The lowest BCUT2D eigenvalue weighted by molar-refractivity contribution is -0.875. The van der Waals surface area contributed by atoms with Gasteiger partial charge in [0.1, 0.15) is 18.8 Å². The van der Waals surface area contributed by atoms with Crippen LogP contribution in [-0.2, 0) is 14.2 Å².